The van der Waals surface area contributed by atoms with Crippen LogP contribution in [0.5, 0.6) is 0 Å². The molecule has 2 aliphatic heterocycles. The van der Waals surface area contributed by atoms with Crippen LogP contribution in [0.3, 0.4) is 0 Å². The Morgan fingerprint density at radius 1 is 1.38 bits per heavy atom. The van der Waals surface area contributed by atoms with Gasteiger partial charge in [-0.25, -0.2) is 4.79 Å². The number of carbonyl (C=O) groups is 1. The van der Waals surface area contributed by atoms with Gasteiger partial charge in [-0.2, -0.15) is 0 Å². The molecule has 2 atom stereocenters. The molecular weight excluding hydrogens is 222 g/mol. The quantitative estimate of drug-likeness (QED) is 0.801. The summed E-state index contributed by atoms with van der Waals surface area (Å²) in [4.78, 5) is 12.5. The van der Waals surface area contributed by atoms with Crippen LogP contribution in [0.15, 0.2) is 17.5 Å². The zero-order valence-corrected chi connectivity index (χ0v) is 9.83. The second-order valence-electron chi connectivity index (χ2n) is 4.61. The van der Waals surface area contributed by atoms with E-state index in [9.17, 15) is 4.79 Å². The van der Waals surface area contributed by atoms with E-state index in [1.54, 1.807) is 0 Å². The maximum absolute atomic E-state index is 11.8. The summed E-state index contributed by atoms with van der Waals surface area (Å²) < 4.78 is 5.55. The summed E-state index contributed by atoms with van der Waals surface area (Å²) in [7, 11) is 0. The van der Waals surface area contributed by atoms with E-state index in [-0.39, 0.29) is 12.1 Å². The van der Waals surface area contributed by atoms with E-state index in [1.165, 1.54) is 24.2 Å². The fourth-order valence-electron chi connectivity index (χ4n) is 2.71. The molecule has 3 rings (SSSR count). The van der Waals surface area contributed by atoms with Crippen LogP contribution < -0.4 is 5.32 Å². The first-order valence-electron chi connectivity index (χ1n) is 5.82. The van der Waals surface area contributed by atoms with Crippen molar-refractivity contribution in [1.82, 2.24) is 5.32 Å². The Hall–Kier alpha value is -0.870. The molecule has 0 radical (unpaired) electrons. The standard InChI is InChI=1S/C12H15NO2S/c14-12(11-2-1-5-16-11)15-10-6-8-3-4-9(7-10)13-8/h1-2,5,8-10,13H,3-4,6-7H2/t8-,9-/m1/s1. The lowest BCUT2D eigenvalue weighted by molar-refractivity contribution is 0.0183. The minimum absolute atomic E-state index is 0.119. The Bertz CT molecular complexity index is 364. The number of ether oxygens (including phenoxy) is 1. The van der Waals surface area contributed by atoms with Crippen LogP contribution in [0.2, 0.25) is 0 Å². The minimum Gasteiger partial charge on any atom is -0.458 e. The average Bonchev–Trinajstić information content (AvgIpc) is 2.88. The molecule has 0 spiro atoms. The van der Waals surface area contributed by atoms with E-state index in [1.807, 2.05) is 17.5 Å². The fraction of sp³-hybridized carbons (Fsp3) is 0.583. The number of thiophene rings is 1. The van der Waals surface area contributed by atoms with Crippen LogP contribution in [0.1, 0.15) is 35.4 Å². The van der Waals surface area contributed by atoms with Gasteiger partial charge in [0.25, 0.3) is 0 Å². The van der Waals surface area contributed by atoms with Gasteiger partial charge in [-0.3, -0.25) is 0 Å². The number of fused-ring (bicyclic) bond motifs is 2. The van der Waals surface area contributed by atoms with E-state index in [0.29, 0.717) is 17.0 Å². The number of nitrogens with one attached hydrogen (secondary N) is 1. The number of carbonyl (C=O) groups excluding carboxylic acids is 1. The van der Waals surface area contributed by atoms with Gasteiger partial charge < -0.3 is 10.1 Å². The molecule has 0 saturated carbocycles. The zero-order valence-electron chi connectivity index (χ0n) is 9.02. The minimum atomic E-state index is -0.152. The van der Waals surface area contributed by atoms with E-state index >= 15 is 0 Å². The Morgan fingerprint density at radius 3 is 2.75 bits per heavy atom. The Balaban J connectivity index is 1.61. The third kappa shape index (κ3) is 1.99. The van der Waals surface area contributed by atoms with Crippen LogP contribution in [-0.4, -0.2) is 24.2 Å². The highest BCUT2D eigenvalue weighted by molar-refractivity contribution is 7.11. The first-order valence-corrected chi connectivity index (χ1v) is 6.70. The molecule has 2 bridgehead atoms. The predicted octanol–water partition coefficient (Wildman–Crippen LogP) is 2.19. The summed E-state index contributed by atoms with van der Waals surface area (Å²) in [5, 5.41) is 5.45. The van der Waals surface area contributed by atoms with Gasteiger partial charge in [0.1, 0.15) is 11.0 Å². The van der Waals surface area contributed by atoms with Crippen LogP contribution in [0.25, 0.3) is 0 Å². The van der Waals surface area contributed by atoms with Gasteiger partial charge in [-0.15, -0.1) is 11.3 Å². The number of piperidine rings is 1. The molecule has 3 heterocycles. The van der Waals surface area contributed by atoms with Crippen molar-refractivity contribution in [2.45, 2.75) is 43.9 Å². The summed E-state index contributed by atoms with van der Waals surface area (Å²) >= 11 is 1.45. The van der Waals surface area contributed by atoms with E-state index in [2.05, 4.69) is 5.32 Å². The molecule has 2 aliphatic rings. The molecule has 4 heteroatoms. The largest absolute Gasteiger partial charge is 0.458 e. The molecule has 2 saturated heterocycles. The fourth-order valence-corrected chi connectivity index (χ4v) is 3.31. The number of hydrogen-bond acceptors (Lipinski definition) is 4. The molecule has 0 unspecified atom stereocenters. The second kappa shape index (κ2) is 4.18. The Morgan fingerprint density at radius 2 is 2.12 bits per heavy atom. The van der Waals surface area contributed by atoms with Crippen molar-refractivity contribution in [2.75, 3.05) is 0 Å². The van der Waals surface area contributed by atoms with Gasteiger partial charge in [-0.1, -0.05) is 6.07 Å². The zero-order chi connectivity index (χ0) is 11.0. The number of rotatable bonds is 2. The lowest BCUT2D eigenvalue weighted by Crippen LogP contribution is -2.42. The smallest absolute Gasteiger partial charge is 0.348 e. The molecule has 0 amide bonds. The molecule has 3 nitrogen and oxygen atoms in total. The van der Waals surface area contributed by atoms with Crippen LogP contribution in [0.4, 0.5) is 0 Å². The molecule has 16 heavy (non-hydrogen) atoms. The first kappa shape index (κ1) is 10.3. The van der Waals surface area contributed by atoms with Gasteiger partial charge >= 0.3 is 5.97 Å². The van der Waals surface area contributed by atoms with Crippen molar-refractivity contribution in [1.29, 1.82) is 0 Å². The summed E-state index contributed by atoms with van der Waals surface area (Å²) in [6.07, 6.45) is 4.55. The van der Waals surface area contributed by atoms with Gasteiger partial charge in [0.2, 0.25) is 0 Å². The Kier molecular flexibility index (Phi) is 2.69. The topological polar surface area (TPSA) is 38.3 Å². The van der Waals surface area contributed by atoms with Gasteiger partial charge in [-0.05, 0) is 37.1 Å². The Labute approximate surface area is 98.8 Å². The summed E-state index contributed by atoms with van der Waals surface area (Å²) in [5.41, 5.74) is 0. The average molecular weight is 237 g/mol. The third-order valence-electron chi connectivity index (χ3n) is 3.43. The molecule has 1 aromatic heterocycles. The molecule has 0 aliphatic carbocycles. The predicted molar refractivity (Wildman–Crippen MR) is 62.7 cm³/mol. The lowest BCUT2D eigenvalue weighted by Gasteiger charge is -2.28. The monoisotopic (exact) mass is 237 g/mol. The van der Waals surface area contributed by atoms with Crippen molar-refractivity contribution in [2.24, 2.45) is 0 Å². The molecule has 1 N–H and O–H groups in total. The third-order valence-corrected chi connectivity index (χ3v) is 4.28. The van der Waals surface area contributed by atoms with Crippen molar-refractivity contribution in [3.05, 3.63) is 22.4 Å². The van der Waals surface area contributed by atoms with E-state index < -0.39 is 0 Å². The molecule has 86 valence electrons. The van der Waals surface area contributed by atoms with Crippen molar-refractivity contribution in [3.63, 3.8) is 0 Å². The van der Waals surface area contributed by atoms with Crippen molar-refractivity contribution >= 4 is 17.3 Å². The van der Waals surface area contributed by atoms with Gasteiger partial charge in [0.05, 0.1) is 0 Å². The first-order chi connectivity index (χ1) is 7.81. The number of hydrogen-bond donors (Lipinski definition) is 1. The second-order valence-corrected chi connectivity index (χ2v) is 5.56. The molecular formula is C12H15NO2S. The van der Waals surface area contributed by atoms with Crippen LogP contribution in [-0.2, 0) is 4.74 Å². The van der Waals surface area contributed by atoms with Gasteiger partial charge in [0.15, 0.2) is 0 Å². The highest BCUT2D eigenvalue weighted by Crippen LogP contribution is 2.29. The summed E-state index contributed by atoms with van der Waals surface area (Å²) in [6, 6.07) is 4.84. The maximum Gasteiger partial charge on any atom is 0.348 e. The molecule has 0 aromatic carbocycles. The van der Waals surface area contributed by atoms with Gasteiger partial charge in [0, 0.05) is 12.1 Å². The van der Waals surface area contributed by atoms with Crippen LogP contribution >= 0.6 is 11.3 Å². The molecule has 2 fully saturated rings. The van der Waals surface area contributed by atoms with Crippen molar-refractivity contribution in [3.8, 4) is 0 Å². The summed E-state index contributed by atoms with van der Waals surface area (Å²) in [5.74, 6) is -0.152. The lowest BCUT2D eigenvalue weighted by atomic mass is 10.0. The normalized spacial score (nSPS) is 32.6. The molecule has 1 aromatic rings. The maximum atomic E-state index is 11.8. The van der Waals surface area contributed by atoms with E-state index in [0.717, 1.165) is 12.8 Å². The summed E-state index contributed by atoms with van der Waals surface area (Å²) in [6.45, 7) is 0. The van der Waals surface area contributed by atoms with Crippen molar-refractivity contribution < 1.29 is 9.53 Å². The SMILES string of the molecule is O=C(OC1C[C@H]2CC[C@H](C1)N2)c1cccs1. The van der Waals surface area contributed by atoms with E-state index in [4.69, 9.17) is 4.74 Å². The highest BCUT2D eigenvalue weighted by atomic mass is 32.1. The van der Waals surface area contributed by atoms with Crippen LogP contribution in [0, 0.1) is 0 Å². The number of esters is 1. The highest BCUT2D eigenvalue weighted by Gasteiger charge is 2.35.